The van der Waals surface area contributed by atoms with Crippen LogP contribution in [-0.2, 0) is 12.1 Å². The fourth-order valence-electron chi connectivity index (χ4n) is 1.36. The Bertz CT molecular complexity index is 484. The van der Waals surface area contributed by atoms with Gasteiger partial charge in [-0.1, -0.05) is 0 Å². The molecule has 0 unspecified atom stereocenters. The van der Waals surface area contributed by atoms with Crippen LogP contribution in [0.2, 0.25) is 0 Å². The van der Waals surface area contributed by atoms with Gasteiger partial charge in [-0.25, -0.2) is 13.8 Å². The van der Waals surface area contributed by atoms with Gasteiger partial charge in [-0.2, -0.15) is 13.2 Å². The van der Waals surface area contributed by atoms with Crippen molar-refractivity contribution in [3.63, 3.8) is 0 Å². The third-order valence-electron chi connectivity index (χ3n) is 2.02. The molecule has 1 aromatic rings. The number of pyridine rings is 1. The summed E-state index contributed by atoms with van der Waals surface area (Å²) >= 11 is 5.18. The van der Waals surface area contributed by atoms with Gasteiger partial charge in [0.1, 0.15) is 5.56 Å². The van der Waals surface area contributed by atoms with Crippen LogP contribution in [0, 0.1) is 0 Å². The molecule has 0 N–H and O–H groups in total. The third kappa shape index (κ3) is 3.84. The molecule has 20 heavy (non-hydrogen) atoms. The van der Waals surface area contributed by atoms with Crippen LogP contribution in [0.3, 0.4) is 0 Å². The van der Waals surface area contributed by atoms with Crippen molar-refractivity contribution in [2.45, 2.75) is 24.8 Å². The molecular formula is C9H4ClF8NO. The van der Waals surface area contributed by atoms with Gasteiger partial charge in [-0.05, 0) is 5.56 Å². The minimum absolute atomic E-state index is 0.380. The van der Waals surface area contributed by atoms with E-state index in [-0.39, 0.29) is 0 Å². The number of hydrogen-bond acceptors (Lipinski definition) is 2. The zero-order chi connectivity index (χ0) is 15.7. The fourth-order valence-corrected chi connectivity index (χ4v) is 1.58. The molecule has 0 bridgehead atoms. The first-order valence-electron chi connectivity index (χ1n) is 4.66. The van der Waals surface area contributed by atoms with Crippen molar-refractivity contribution in [1.29, 1.82) is 0 Å². The Balaban J connectivity index is 3.58. The Morgan fingerprint density at radius 2 is 1.70 bits per heavy atom. The molecule has 0 fully saturated rings. The molecule has 0 saturated heterocycles. The highest BCUT2D eigenvalue weighted by Gasteiger charge is 2.44. The predicted molar refractivity (Wildman–Crippen MR) is 50.4 cm³/mol. The molecule has 0 radical (unpaired) electrons. The van der Waals surface area contributed by atoms with E-state index in [1.54, 1.807) is 0 Å². The van der Waals surface area contributed by atoms with Crippen molar-refractivity contribution in [2.75, 3.05) is 0 Å². The smallest absolute Gasteiger partial charge is 0.387 e. The largest absolute Gasteiger partial charge is 0.574 e. The lowest BCUT2D eigenvalue weighted by Gasteiger charge is -2.19. The summed E-state index contributed by atoms with van der Waals surface area (Å²) in [7, 11) is 0. The zero-order valence-electron chi connectivity index (χ0n) is 9.12. The van der Waals surface area contributed by atoms with Gasteiger partial charge >= 0.3 is 12.5 Å². The second kappa shape index (κ2) is 5.58. The Morgan fingerprint density at radius 3 is 2.05 bits per heavy atom. The summed E-state index contributed by atoms with van der Waals surface area (Å²) < 4.78 is 102. The van der Waals surface area contributed by atoms with Gasteiger partial charge in [0.25, 0.3) is 6.43 Å². The number of nitrogens with zero attached hydrogens (tertiary/aromatic N) is 1. The number of alkyl halides is 9. The van der Waals surface area contributed by atoms with Gasteiger partial charge in [-0.3, -0.25) is 0 Å². The summed E-state index contributed by atoms with van der Waals surface area (Å²) in [6.07, 6.45) is -14.3. The molecule has 0 saturated carbocycles. The average Bonchev–Trinajstić information content (AvgIpc) is 2.24. The van der Waals surface area contributed by atoms with E-state index in [1.807, 2.05) is 0 Å². The van der Waals surface area contributed by atoms with Gasteiger partial charge < -0.3 is 4.74 Å². The molecule has 0 aliphatic heterocycles. The molecule has 0 aromatic carbocycles. The highest BCUT2D eigenvalue weighted by atomic mass is 35.5. The van der Waals surface area contributed by atoms with Crippen molar-refractivity contribution < 1.29 is 39.9 Å². The number of halogens is 9. The number of aromatic nitrogens is 1. The Labute approximate surface area is 111 Å². The topological polar surface area (TPSA) is 22.1 Å². The summed E-state index contributed by atoms with van der Waals surface area (Å²) in [6.45, 7) is 0. The van der Waals surface area contributed by atoms with Gasteiger partial charge in [0.05, 0.1) is 0 Å². The van der Waals surface area contributed by atoms with E-state index >= 15 is 0 Å². The summed E-state index contributed by atoms with van der Waals surface area (Å²) in [5.41, 5.74) is -4.70. The number of ether oxygens (including phenoxy) is 1. The summed E-state index contributed by atoms with van der Waals surface area (Å²) in [6, 6.07) is 0. The lowest BCUT2D eigenvalue weighted by molar-refractivity contribution is -0.278. The van der Waals surface area contributed by atoms with Crippen LogP contribution in [0.25, 0.3) is 0 Å². The van der Waals surface area contributed by atoms with Crippen molar-refractivity contribution in [3.05, 3.63) is 22.9 Å². The molecular weight excluding hydrogens is 326 g/mol. The quantitative estimate of drug-likeness (QED) is 0.593. The second-order valence-electron chi connectivity index (χ2n) is 3.36. The molecule has 0 aliphatic rings. The van der Waals surface area contributed by atoms with Crippen LogP contribution < -0.4 is 4.74 Å². The van der Waals surface area contributed by atoms with Gasteiger partial charge in [0, 0.05) is 17.6 Å². The molecule has 0 spiro atoms. The minimum atomic E-state index is -5.51. The van der Waals surface area contributed by atoms with Gasteiger partial charge in [-0.15, -0.1) is 24.8 Å². The van der Waals surface area contributed by atoms with E-state index in [0.29, 0.717) is 6.20 Å². The summed E-state index contributed by atoms with van der Waals surface area (Å²) in [5, 5.41) is 0. The van der Waals surface area contributed by atoms with Crippen LogP contribution in [0.5, 0.6) is 5.88 Å². The lowest BCUT2D eigenvalue weighted by Crippen LogP contribution is -2.23. The summed E-state index contributed by atoms with van der Waals surface area (Å²) in [4.78, 5) is 2.76. The van der Waals surface area contributed by atoms with Crippen LogP contribution >= 0.6 is 11.6 Å². The maximum absolute atomic E-state index is 12.7. The maximum atomic E-state index is 12.7. The SMILES string of the molecule is FC(F)c1c(CCl)cnc(OC(F)(F)F)c1C(F)(F)F. The Hall–Kier alpha value is -1.32. The zero-order valence-corrected chi connectivity index (χ0v) is 9.87. The predicted octanol–water partition coefficient (Wildman–Crippen LogP) is 4.68. The standard InChI is InChI=1S/C9H4ClF8NO/c10-1-3-2-19-7(20-9(16,17)18)5(8(13,14)15)4(3)6(11)12/h2,6H,1H2. The third-order valence-corrected chi connectivity index (χ3v) is 2.31. The van der Waals surface area contributed by atoms with E-state index in [9.17, 15) is 35.1 Å². The molecule has 114 valence electrons. The first kappa shape index (κ1) is 16.7. The monoisotopic (exact) mass is 329 g/mol. The van der Waals surface area contributed by atoms with E-state index in [4.69, 9.17) is 11.6 Å². The van der Waals surface area contributed by atoms with Crippen LogP contribution in [0.1, 0.15) is 23.1 Å². The van der Waals surface area contributed by atoms with Crippen molar-refractivity contribution in [1.82, 2.24) is 4.98 Å². The van der Waals surface area contributed by atoms with E-state index in [2.05, 4.69) is 9.72 Å². The van der Waals surface area contributed by atoms with E-state index in [1.165, 1.54) is 0 Å². The van der Waals surface area contributed by atoms with Crippen molar-refractivity contribution in [3.8, 4) is 5.88 Å². The first-order chi connectivity index (χ1) is 8.97. The fraction of sp³-hybridized carbons (Fsp3) is 0.444. The van der Waals surface area contributed by atoms with Crippen LogP contribution in [-0.4, -0.2) is 11.3 Å². The van der Waals surface area contributed by atoms with E-state index < -0.39 is 47.4 Å². The van der Waals surface area contributed by atoms with Gasteiger partial charge in [0.2, 0.25) is 5.88 Å². The highest BCUT2D eigenvalue weighted by Crippen LogP contribution is 2.44. The lowest BCUT2D eigenvalue weighted by atomic mass is 10.0. The molecule has 0 atom stereocenters. The Morgan fingerprint density at radius 1 is 1.15 bits per heavy atom. The summed E-state index contributed by atoms with van der Waals surface area (Å²) in [5.74, 6) is -2.77. The molecule has 1 rings (SSSR count). The molecule has 1 aromatic heterocycles. The Kier molecular flexibility index (Phi) is 4.67. The maximum Gasteiger partial charge on any atom is 0.574 e. The van der Waals surface area contributed by atoms with Gasteiger partial charge in [0.15, 0.2) is 0 Å². The van der Waals surface area contributed by atoms with Crippen molar-refractivity contribution in [2.24, 2.45) is 0 Å². The second-order valence-corrected chi connectivity index (χ2v) is 3.62. The molecule has 1 heterocycles. The molecule has 0 aliphatic carbocycles. The normalized spacial score (nSPS) is 12.9. The molecule has 0 amide bonds. The number of rotatable bonds is 3. The highest BCUT2D eigenvalue weighted by molar-refractivity contribution is 6.17. The molecule has 2 nitrogen and oxygen atoms in total. The number of hydrogen-bond donors (Lipinski definition) is 0. The minimum Gasteiger partial charge on any atom is -0.387 e. The average molecular weight is 330 g/mol. The van der Waals surface area contributed by atoms with Crippen LogP contribution in [0.4, 0.5) is 35.1 Å². The van der Waals surface area contributed by atoms with E-state index in [0.717, 1.165) is 0 Å². The van der Waals surface area contributed by atoms with Crippen molar-refractivity contribution >= 4 is 11.6 Å². The molecule has 11 heteroatoms. The van der Waals surface area contributed by atoms with Crippen LogP contribution in [0.15, 0.2) is 6.20 Å². The first-order valence-corrected chi connectivity index (χ1v) is 5.19.